The number of aromatic nitrogens is 2. The van der Waals surface area contributed by atoms with Gasteiger partial charge in [-0.1, -0.05) is 23.2 Å². The van der Waals surface area contributed by atoms with E-state index in [0.717, 1.165) is 5.52 Å². The fraction of sp³-hybridized carbons (Fsp3) is 0.130. The van der Waals surface area contributed by atoms with Crippen molar-refractivity contribution in [2.24, 2.45) is 0 Å². The first-order valence-electron chi connectivity index (χ1n) is 9.82. The van der Waals surface area contributed by atoms with Crippen LogP contribution in [0, 0.1) is 0 Å². The second kappa shape index (κ2) is 7.79. The Morgan fingerprint density at radius 1 is 0.938 bits per heavy atom. The third-order valence-electron chi connectivity index (χ3n) is 5.57. The van der Waals surface area contributed by atoms with Crippen molar-refractivity contribution < 1.29 is 19.8 Å². The summed E-state index contributed by atoms with van der Waals surface area (Å²) in [6.45, 7) is -0.304. The van der Waals surface area contributed by atoms with Gasteiger partial charge in [-0.2, -0.15) is 0 Å². The molecule has 1 aliphatic rings. The Hall–Kier alpha value is -3.10. The molecule has 1 atom stereocenters. The molecule has 0 saturated heterocycles. The Morgan fingerprint density at radius 3 is 2.31 bits per heavy atom. The number of carbonyl (C=O) groups is 2. The van der Waals surface area contributed by atoms with Crippen LogP contribution < -0.4 is 5.32 Å². The number of hydrogen-bond acceptors (Lipinski definition) is 4. The monoisotopic (exact) mass is 469 g/mol. The van der Waals surface area contributed by atoms with Crippen LogP contribution in [0.25, 0.3) is 33.0 Å². The van der Waals surface area contributed by atoms with E-state index in [4.69, 9.17) is 23.2 Å². The van der Waals surface area contributed by atoms with Crippen molar-refractivity contribution in [3.05, 3.63) is 70.0 Å². The first-order chi connectivity index (χ1) is 15.4. The van der Waals surface area contributed by atoms with Crippen LogP contribution in [-0.4, -0.2) is 44.3 Å². The highest BCUT2D eigenvalue weighted by Gasteiger charge is 2.35. The lowest BCUT2D eigenvalue weighted by atomic mass is 9.95. The standard InChI is InChI=1S/C23H17Cl2N3O4/c24-11-1-3-18-14(5-11)16(7-26-18)20-21(23(32)27-22(20)31)17-9-28(8-13(30)10-29)19-4-2-12(25)6-15(17)19/h1-7,9,13,26,29-30H,8,10H2,(H,27,31,32). The van der Waals surface area contributed by atoms with Crippen LogP contribution in [-0.2, 0) is 16.1 Å². The largest absolute Gasteiger partial charge is 0.394 e. The Balaban J connectivity index is 1.80. The van der Waals surface area contributed by atoms with Gasteiger partial charge < -0.3 is 19.8 Å². The smallest absolute Gasteiger partial charge is 0.259 e. The molecule has 32 heavy (non-hydrogen) atoms. The quantitative estimate of drug-likeness (QED) is 0.336. The van der Waals surface area contributed by atoms with Gasteiger partial charge >= 0.3 is 0 Å². The fourth-order valence-corrected chi connectivity index (χ4v) is 4.52. The number of hydrogen-bond donors (Lipinski definition) is 4. The van der Waals surface area contributed by atoms with Crippen molar-refractivity contribution in [3.63, 3.8) is 0 Å². The molecule has 0 saturated carbocycles. The molecule has 162 valence electrons. The first-order valence-corrected chi connectivity index (χ1v) is 10.6. The van der Waals surface area contributed by atoms with E-state index in [-0.39, 0.29) is 17.7 Å². The summed E-state index contributed by atoms with van der Waals surface area (Å²) in [6, 6.07) is 10.5. The van der Waals surface area contributed by atoms with Crippen LogP contribution in [0.4, 0.5) is 0 Å². The zero-order valence-corrected chi connectivity index (χ0v) is 18.0. The Labute approximate surface area is 191 Å². The number of carbonyl (C=O) groups excluding carboxylic acids is 2. The first kappa shape index (κ1) is 20.8. The van der Waals surface area contributed by atoms with Crippen LogP contribution in [0.5, 0.6) is 0 Å². The molecule has 0 aliphatic carbocycles. The summed E-state index contributed by atoms with van der Waals surface area (Å²) in [4.78, 5) is 29.0. The van der Waals surface area contributed by atoms with Gasteiger partial charge in [0.2, 0.25) is 0 Å². The zero-order chi connectivity index (χ0) is 22.6. The molecule has 1 aliphatic heterocycles. The summed E-state index contributed by atoms with van der Waals surface area (Å²) in [5, 5.41) is 24.0. The van der Waals surface area contributed by atoms with Crippen molar-refractivity contribution in [1.29, 1.82) is 0 Å². The van der Waals surface area contributed by atoms with Crippen LogP contribution >= 0.6 is 23.2 Å². The number of amides is 2. The minimum absolute atomic E-state index is 0.107. The summed E-state index contributed by atoms with van der Waals surface area (Å²) < 4.78 is 1.73. The number of imide groups is 1. The van der Waals surface area contributed by atoms with E-state index in [0.29, 0.717) is 37.5 Å². The highest BCUT2D eigenvalue weighted by Crippen LogP contribution is 2.39. The minimum Gasteiger partial charge on any atom is -0.394 e. The molecule has 2 aromatic carbocycles. The second-order valence-electron chi connectivity index (χ2n) is 7.62. The van der Waals surface area contributed by atoms with Crippen LogP contribution in [0.2, 0.25) is 10.0 Å². The van der Waals surface area contributed by atoms with E-state index in [1.54, 1.807) is 53.4 Å². The molecule has 4 N–H and O–H groups in total. The predicted molar refractivity (Wildman–Crippen MR) is 123 cm³/mol. The van der Waals surface area contributed by atoms with Gasteiger partial charge in [-0.3, -0.25) is 14.9 Å². The maximum Gasteiger partial charge on any atom is 0.259 e. The molecule has 0 radical (unpaired) electrons. The van der Waals surface area contributed by atoms with Gasteiger partial charge in [-0.15, -0.1) is 0 Å². The number of aliphatic hydroxyl groups excluding tert-OH is 2. The molecule has 3 heterocycles. The van der Waals surface area contributed by atoms with E-state index < -0.39 is 24.5 Å². The lowest BCUT2D eigenvalue weighted by Crippen LogP contribution is -2.22. The molecular formula is C23H17Cl2N3O4. The molecule has 7 nitrogen and oxygen atoms in total. The second-order valence-corrected chi connectivity index (χ2v) is 8.49. The molecule has 2 amide bonds. The lowest BCUT2D eigenvalue weighted by molar-refractivity contribution is -0.122. The molecular weight excluding hydrogens is 453 g/mol. The number of benzene rings is 2. The van der Waals surface area contributed by atoms with Gasteiger partial charge in [0.1, 0.15) is 0 Å². The van der Waals surface area contributed by atoms with Gasteiger partial charge in [0.25, 0.3) is 11.8 Å². The summed E-state index contributed by atoms with van der Waals surface area (Å²) >= 11 is 12.4. The number of aromatic amines is 1. The molecule has 0 bridgehead atoms. The third-order valence-corrected chi connectivity index (χ3v) is 6.05. The van der Waals surface area contributed by atoms with Crippen molar-refractivity contribution in [2.45, 2.75) is 12.6 Å². The molecule has 9 heteroatoms. The Bertz CT molecular complexity index is 1450. The SMILES string of the molecule is O=C1NC(=O)C(c2cn(CC(O)CO)c3ccc(Cl)cc23)=C1c1c[nH]c2ccc(Cl)cc12. The van der Waals surface area contributed by atoms with E-state index in [1.807, 2.05) is 0 Å². The van der Waals surface area contributed by atoms with Gasteiger partial charge in [0.05, 0.1) is 30.4 Å². The molecule has 5 rings (SSSR count). The average molecular weight is 470 g/mol. The molecule has 2 aromatic heterocycles. The topological polar surface area (TPSA) is 107 Å². The average Bonchev–Trinajstić information content (AvgIpc) is 3.40. The molecule has 1 unspecified atom stereocenters. The maximum atomic E-state index is 13.0. The normalized spacial score (nSPS) is 15.2. The number of H-pyrrole nitrogens is 1. The number of nitrogens with one attached hydrogen (secondary N) is 2. The third kappa shape index (κ3) is 3.30. The lowest BCUT2D eigenvalue weighted by Gasteiger charge is -2.09. The van der Waals surface area contributed by atoms with Gasteiger partial charge in [0, 0.05) is 55.4 Å². The zero-order valence-electron chi connectivity index (χ0n) is 16.5. The number of fused-ring (bicyclic) bond motifs is 2. The summed E-state index contributed by atoms with van der Waals surface area (Å²) in [7, 11) is 0. The van der Waals surface area contributed by atoms with Gasteiger partial charge in [0.15, 0.2) is 0 Å². The molecule has 0 fully saturated rings. The summed E-state index contributed by atoms with van der Waals surface area (Å²) in [6.07, 6.45) is 2.38. The Morgan fingerprint density at radius 2 is 1.59 bits per heavy atom. The predicted octanol–water partition coefficient (Wildman–Crippen LogP) is 3.35. The van der Waals surface area contributed by atoms with Crippen LogP contribution in [0.1, 0.15) is 11.1 Å². The van der Waals surface area contributed by atoms with E-state index >= 15 is 0 Å². The highest BCUT2D eigenvalue weighted by molar-refractivity contribution is 6.51. The van der Waals surface area contributed by atoms with Crippen LogP contribution in [0.15, 0.2) is 48.8 Å². The summed E-state index contributed by atoms with van der Waals surface area (Å²) in [5.74, 6) is -1.03. The number of rotatable bonds is 5. The maximum absolute atomic E-state index is 13.0. The fourth-order valence-electron chi connectivity index (χ4n) is 4.17. The summed E-state index contributed by atoms with van der Waals surface area (Å²) in [5.41, 5.74) is 2.98. The minimum atomic E-state index is -0.989. The van der Waals surface area contributed by atoms with Crippen molar-refractivity contribution >= 4 is 68.0 Å². The van der Waals surface area contributed by atoms with Crippen molar-refractivity contribution in [1.82, 2.24) is 14.9 Å². The Kier molecular flexibility index (Phi) is 5.06. The van der Waals surface area contributed by atoms with Crippen molar-refractivity contribution in [3.8, 4) is 0 Å². The van der Waals surface area contributed by atoms with Crippen LogP contribution in [0.3, 0.4) is 0 Å². The van der Waals surface area contributed by atoms with E-state index in [9.17, 15) is 19.8 Å². The van der Waals surface area contributed by atoms with E-state index in [2.05, 4.69) is 10.3 Å². The van der Waals surface area contributed by atoms with Gasteiger partial charge in [-0.25, -0.2) is 0 Å². The number of nitrogens with zero attached hydrogens (tertiary/aromatic N) is 1. The van der Waals surface area contributed by atoms with E-state index in [1.165, 1.54) is 0 Å². The highest BCUT2D eigenvalue weighted by atomic mass is 35.5. The molecule has 4 aromatic rings. The molecule has 0 spiro atoms. The van der Waals surface area contributed by atoms with Gasteiger partial charge in [-0.05, 0) is 36.4 Å². The number of halogens is 2. The number of aliphatic hydroxyl groups is 2. The van der Waals surface area contributed by atoms with Crippen molar-refractivity contribution in [2.75, 3.05) is 6.61 Å².